The van der Waals surface area contributed by atoms with Crippen molar-refractivity contribution in [2.45, 2.75) is 0 Å². The van der Waals surface area contributed by atoms with Crippen LogP contribution in [0, 0.1) is 0 Å². The predicted octanol–water partition coefficient (Wildman–Crippen LogP) is 18.4. The van der Waals surface area contributed by atoms with Crippen molar-refractivity contribution in [1.29, 1.82) is 0 Å². The van der Waals surface area contributed by atoms with Crippen molar-refractivity contribution in [3.63, 3.8) is 0 Å². The first-order valence-electron chi connectivity index (χ1n) is 23.6. The Bertz CT molecular complexity index is 3600. The fourth-order valence-corrected chi connectivity index (χ4v) is 9.76. The van der Waals surface area contributed by atoms with Crippen LogP contribution in [0.3, 0.4) is 0 Å². The zero-order valence-corrected chi connectivity index (χ0v) is 38.0. The van der Waals surface area contributed by atoms with Gasteiger partial charge in [0, 0.05) is 50.6 Å². The van der Waals surface area contributed by atoms with Gasteiger partial charge in [-0.3, -0.25) is 0 Å². The minimum atomic E-state index is 1.07. The zero-order chi connectivity index (χ0) is 45.9. The Labute approximate surface area is 403 Å². The summed E-state index contributed by atoms with van der Waals surface area (Å²) in [7, 11) is 0. The van der Waals surface area contributed by atoms with E-state index in [0.717, 1.165) is 45.4 Å². The van der Waals surface area contributed by atoms with Crippen molar-refractivity contribution < 1.29 is 0 Å². The van der Waals surface area contributed by atoms with Gasteiger partial charge in [0.05, 0.1) is 11.0 Å². The van der Waals surface area contributed by atoms with Gasteiger partial charge in [-0.15, -0.1) is 0 Å². The largest absolute Gasteiger partial charge is 0.311 e. The van der Waals surface area contributed by atoms with Gasteiger partial charge in [0.15, 0.2) is 0 Å². The monoisotopic (exact) mass is 881 g/mol. The number of rotatable bonds is 11. The number of anilines is 6. The van der Waals surface area contributed by atoms with E-state index in [1.54, 1.807) is 0 Å². The second-order valence-electron chi connectivity index (χ2n) is 17.4. The van der Waals surface area contributed by atoms with Crippen LogP contribution in [-0.4, -0.2) is 4.57 Å². The lowest BCUT2D eigenvalue weighted by Crippen LogP contribution is -2.12. The van der Waals surface area contributed by atoms with Crippen molar-refractivity contribution in [3.8, 4) is 50.2 Å². The normalized spacial score (nSPS) is 11.2. The molecule has 0 aliphatic rings. The quantitative estimate of drug-likeness (QED) is 0.128. The van der Waals surface area contributed by atoms with Crippen LogP contribution in [0.4, 0.5) is 34.1 Å². The average molecular weight is 882 g/mol. The molecule has 1 heterocycles. The minimum Gasteiger partial charge on any atom is -0.311 e. The van der Waals surface area contributed by atoms with E-state index in [-0.39, 0.29) is 0 Å². The summed E-state index contributed by atoms with van der Waals surface area (Å²) < 4.78 is 2.39. The van der Waals surface area contributed by atoms with Crippen molar-refractivity contribution in [2.24, 2.45) is 0 Å². The van der Waals surface area contributed by atoms with E-state index in [1.807, 2.05) is 0 Å². The average Bonchev–Trinajstić information content (AvgIpc) is 3.77. The van der Waals surface area contributed by atoms with Crippen LogP contribution >= 0.6 is 0 Å². The van der Waals surface area contributed by atoms with Gasteiger partial charge in [-0.05, 0) is 148 Å². The second-order valence-corrected chi connectivity index (χ2v) is 17.4. The Morgan fingerprint density at radius 3 is 0.942 bits per heavy atom. The van der Waals surface area contributed by atoms with Crippen molar-refractivity contribution in [1.82, 2.24) is 4.57 Å². The van der Waals surface area contributed by atoms with E-state index in [4.69, 9.17) is 0 Å². The lowest BCUT2D eigenvalue weighted by atomic mass is 9.98. The first-order valence-corrected chi connectivity index (χ1v) is 23.6. The van der Waals surface area contributed by atoms with Gasteiger partial charge in [0.2, 0.25) is 0 Å². The summed E-state index contributed by atoms with van der Waals surface area (Å²) in [5, 5.41) is 2.49. The maximum absolute atomic E-state index is 2.39. The first-order chi connectivity index (χ1) is 34.2. The number of hydrogen-bond acceptors (Lipinski definition) is 2. The van der Waals surface area contributed by atoms with Gasteiger partial charge in [0.1, 0.15) is 0 Å². The molecule has 0 amide bonds. The zero-order valence-electron chi connectivity index (χ0n) is 38.0. The number of aromatic nitrogens is 1. The predicted molar refractivity (Wildman–Crippen MR) is 292 cm³/mol. The lowest BCUT2D eigenvalue weighted by molar-refractivity contribution is 1.18. The molecular weight excluding hydrogens is 835 g/mol. The standard InChI is InChI=1S/C66H47N3/c1-5-15-48(16-6-1)51-29-36-58(37-30-51)68(61-44-42-60(43-45-61)67(56-19-9-3-10-20-56)57-21-11-4-12-22-57)59-38-31-53(32-39-59)50-25-27-54(28-26-50)55-35-46-66-64(47-55)63-23-13-14-24-65(63)69(66)62-40-33-52(34-41-62)49-17-7-2-8-18-49/h1-47H. The van der Waals surface area contributed by atoms with Crippen LogP contribution in [0.25, 0.3) is 72.0 Å². The molecule has 0 spiro atoms. The Morgan fingerprint density at radius 2 is 0.493 bits per heavy atom. The number of fused-ring (bicyclic) bond motifs is 3. The van der Waals surface area contributed by atoms with E-state index in [0.29, 0.717) is 0 Å². The maximum atomic E-state index is 2.39. The summed E-state index contributed by atoms with van der Waals surface area (Å²) in [5.74, 6) is 0. The third kappa shape index (κ3) is 8.13. The molecule has 12 rings (SSSR count). The van der Waals surface area contributed by atoms with Gasteiger partial charge < -0.3 is 14.4 Å². The molecule has 12 aromatic rings. The molecule has 0 aliphatic carbocycles. The Hall–Kier alpha value is -9.18. The highest BCUT2D eigenvalue weighted by Gasteiger charge is 2.18. The molecule has 0 saturated heterocycles. The molecule has 69 heavy (non-hydrogen) atoms. The van der Waals surface area contributed by atoms with Crippen LogP contribution < -0.4 is 9.80 Å². The number of para-hydroxylation sites is 3. The van der Waals surface area contributed by atoms with Gasteiger partial charge in [-0.25, -0.2) is 0 Å². The van der Waals surface area contributed by atoms with Crippen LogP contribution in [-0.2, 0) is 0 Å². The topological polar surface area (TPSA) is 11.4 Å². The van der Waals surface area contributed by atoms with E-state index >= 15 is 0 Å². The highest BCUT2D eigenvalue weighted by molar-refractivity contribution is 6.10. The third-order valence-electron chi connectivity index (χ3n) is 13.2. The van der Waals surface area contributed by atoms with Crippen molar-refractivity contribution in [2.75, 3.05) is 9.80 Å². The van der Waals surface area contributed by atoms with E-state index < -0.39 is 0 Å². The SMILES string of the molecule is c1ccc(-c2ccc(N(c3ccc(-c4ccc(-c5ccc6c(c5)c5ccccc5n6-c5ccc(-c6ccccc6)cc5)cc4)cc3)c3ccc(N(c4ccccc4)c4ccccc4)cc3)cc2)cc1. The van der Waals surface area contributed by atoms with Crippen molar-refractivity contribution in [3.05, 3.63) is 285 Å². The van der Waals surface area contributed by atoms with Crippen LogP contribution in [0.1, 0.15) is 0 Å². The van der Waals surface area contributed by atoms with Gasteiger partial charge >= 0.3 is 0 Å². The molecule has 0 bridgehead atoms. The molecule has 0 aliphatic heterocycles. The van der Waals surface area contributed by atoms with Gasteiger partial charge in [-0.2, -0.15) is 0 Å². The van der Waals surface area contributed by atoms with Crippen LogP contribution in [0.5, 0.6) is 0 Å². The summed E-state index contributed by atoms with van der Waals surface area (Å²) in [6.07, 6.45) is 0. The molecule has 3 heteroatoms. The summed E-state index contributed by atoms with van der Waals surface area (Å²) in [4.78, 5) is 4.64. The number of benzene rings is 11. The van der Waals surface area contributed by atoms with Gasteiger partial charge in [-0.1, -0.05) is 182 Å². The molecule has 0 atom stereocenters. The fraction of sp³-hybridized carbons (Fsp3) is 0. The Kier molecular flexibility index (Phi) is 10.9. The summed E-state index contributed by atoms with van der Waals surface area (Å²) in [6.45, 7) is 0. The van der Waals surface area contributed by atoms with Crippen molar-refractivity contribution >= 4 is 55.9 Å². The van der Waals surface area contributed by atoms with Crippen LogP contribution in [0.15, 0.2) is 285 Å². The molecule has 1 aromatic heterocycles. The smallest absolute Gasteiger partial charge is 0.0541 e. The van der Waals surface area contributed by atoms with Crippen LogP contribution in [0.2, 0.25) is 0 Å². The minimum absolute atomic E-state index is 1.07. The first kappa shape index (κ1) is 41.3. The highest BCUT2D eigenvalue weighted by Crippen LogP contribution is 2.41. The summed E-state index contributed by atoms with van der Waals surface area (Å²) in [6, 6.07) is 102. The lowest BCUT2D eigenvalue weighted by Gasteiger charge is -2.28. The van der Waals surface area contributed by atoms with Gasteiger partial charge in [0.25, 0.3) is 0 Å². The summed E-state index contributed by atoms with van der Waals surface area (Å²) in [5.41, 5.74) is 19.7. The molecule has 0 saturated carbocycles. The highest BCUT2D eigenvalue weighted by atomic mass is 15.2. The second kappa shape index (κ2) is 18.2. The molecule has 326 valence electrons. The molecule has 0 radical (unpaired) electrons. The van der Waals surface area contributed by atoms with E-state index in [2.05, 4.69) is 299 Å². The van der Waals surface area contributed by atoms with E-state index in [1.165, 1.54) is 60.8 Å². The third-order valence-corrected chi connectivity index (χ3v) is 13.2. The maximum Gasteiger partial charge on any atom is 0.0541 e. The molecule has 0 fully saturated rings. The fourth-order valence-electron chi connectivity index (χ4n) is 9.76. The molecule has 11 aromatic carbocycles. The number of nitrogens with zero attached hydrogens (tertiary/aromatic N) is 3. The molecular formula is C66H47N3. The molecule has 0 N–H and O–H groups in total. The number of hydrogen-bond donors (Lipinski definition) is 0. The Balaban J connectivity index is 0.846. The molecule has 3 nitrogen and oxygen atoms in total. The molecule has 0 unspecified atom stereocenters. The Morgan fingerprint density at radius 1 is 0.203 bits per heavy atom. The summed E-state index contributed by atoms with van der Waals surface area (Å²) >= 11 is 0. The van der Waals surface area contributed by atoms with E-state index in [9.17, 15) is 0 Å².